The molecule has 0 amide bonds. The van der Waals surface area contributed by atoms with Crippen LogP contribution in [0.15, 0.2) is 212 Å². The zero-order chi connectivity index (χ0) is 36.6. The summed E-state index contributed by atoms with van der Waals surface area (Å²) in [5, 5.41) is 11.9. The van der Waals surface area contributed by atoms with Crippen LogP contribution in [0.2, 0.25) is 0 Å². The topological polar surface area (TPSA) is 38.9 Å². The van der Waals surface area contributed by atoms with Crippen LogP contribution >= 0.6 is 0 Å². The molecule has 8 aromatic carbocycles. The average Bonchev–Trinajstić information content (AvgIpc) is 3.86. The minimum Gasteiger partial charge on any atom is -0.311 e. The lowest BCUT2D eigenvalue weighted by molar-refractivity contribution is 1.07. The molecule has 0 atom stereocenters. The van der Waals surface area contributed by atoms with Crippen LogP contribution in [-0.4, -0.2) is 19.3 Å². The van der Waals surface area contributed by atoms with Gasteiger partial charge in [-0.05, 0) is 83.9 Å². The first kappa shape index (κ1) is 32.2. The van der Waals surface area contributed by atoms with Crippen LogP contribution in [0, 0.1) is 0 Å². The van der Waals surface area contributed by atoms with Crippen molar-refractivity contribution in [1.29, 1.82) is 0 Å². The van der Waals surface area contributed by atoms with E-state index in [2.05, 4.69) is 190 Å². The van der Waals surface area contributed by atoms with Crippen molar-refractivity contribution >= 4 is 38.9 Å². The molecule has 5 heteroatoms. The molecule has 10 aromatic rings. The van der Waals surface area contributed by atoms with Gasteiger partial charge in [0.1, 0.15) is 0 Å². The molecule has 10 rings (SSSR count). The second-order valence-corrected chi connectivity index (χ2v) is 13.6. The first-order chi connectivity index (χ1) is 27.3. The highest BCUT2D eigenvalue weighted by molar-refractivity contribution is 6.09. The summed E-state index contributed by atoms with van der Waals surface area (Å²) in [5.74, 6) is 1.59. The number of hydrogen-bond acceptors (Lipinski definition) is 3. The number of anilines is 3. The number of rotatable bonds is 8. The Morgan fingerprint density at radius 1 is 0.291 bits per heavy atom. The van der Waals surface area contributed by atoms with Crippen molar-refractivity contribution < 1.29 is 0 Å². The van der Waals surface area contributed by atoms with E-state index in [0.717, 1.165) is 51.2 Å². The van der Waals surface area contributed by atoms with Crippen molar-refractivity contribution in [2.75, 3.05) is 4.90 Å². The maximum atomic E-state index is 4.69. The third-order valence-corrected chi connectivity index (χ3v) is 10.3. The van der Waals surface area contributed by atoms with Gasteiger partial charge in [0, 0.05) is 50.3 Å². The maximum absolute atomic E-state index is 4.69. The van der Waals surface area contributed by atoms with E-state index in [1.54, 1.807) is 0 Å². The van der Waals surface area contributed by atoms with Gasteiger partial charge in [-0.1, -0.05) is 140 Å². The largest absolute Gasteiger partial charge is 0.311 e. The van der Waals surface area contributed by atoms with Gasteiger partial charge in [0.25, 0.3) is 0 Å². The van der Waals surface area contributed by atoms with Gasteiger partial charge in [-0.2, -0.15) is 0 Å². The van der Waals surface area contributed by atoms with E-state index in [4.69, 9.17) is 10.2 Å². The van der Waals surface area contributed by atoms with Crippen LogP contribution in [0.3, 0.4) is 0 Å². The molecule has 0 spiro atoms. The third kappa shape index (κ3) is 5.85. The zero-order valence-corrected chi connectivity index (χ0v) is 29.9. The zero-order valence-electron chi connectivity index (χ0n) is 29.9. The number of nitrogens with zero attached hydrogens (tertiary/aromatic N) is 5. The Kier molecular flexibility index (Phi) is 8.08. The summed E-state index contributed by atoms with van der Waals surface area (Å²) in [6, 6.07) is 74.7. The quantitative estimate of drug-likeness (QED) is 0.158. The Balaban J connectivity index is 1.08. The van der Waals surface area contributed by atoms with Crippen LogP contribution in [0.25, 0.3) is 67.1 Å². The van der Waals surface area contributed by atoms with E-state index < -0.39 is 0 Å². The highest BCUT2D eigenvalue weighted by atomic mass is 15.3. The lowest BCUT2D eigenvalue weighted by atomic mass is 10.0. The SMILES string of the molecule is c1ccc(-c2ccc(N(c3ccc(-n4c(-c5ccccc5)nnc4-c4ccccc4)cc3)c3ccc(-n4c5ccccc5c5ccccc54)cc3)cc2)cc1. The predicted octanol–water partition coefficient (Wildman–Crippen LogP) is 12.8. The van der Waals surface area contributed by atoms with Gasteiger partial charge >= 0.3 is 0 Å². The van der Waals surface area contributed by atoms with Crippen LogP contribution in [0.1, 0.15) is 0 Å². The fourth-order valence-corrected chi connectivity index (χ4v) is 7.66. The van der Waals surface area contributed by atoms with Gasteiger partial charge in [-0.15, -0.1) is 10.2 Å². The van der Waals surface area contributed by atoms with Crippen LogP contribution in [-0.2, 0) is 0 Å². The molecule has 0 aliphatic rings. The van der Waals surface area contributed by atoms with E-state index in [1.165, 1.54) is 32.9 Å². The molecule has 0 unspecified atom stereocenters. The van der Waals surface area contributed by atoms with Crippen molar-refractivity contribution in [1.82, 2.24) is 19.3 Å². The van der Waals surface area contributed by atoms with E-state index in [-0.39, 0.29) is 0 Å². The van der Waals surface area contributed by atoms with Gasteiger partial charge in [0.15, 0.2) is 11.6 Å². The fourth-order valence-electron chi connectivity index (χ4n) is 7.66. The summed E-state index contributed by atoms with van der Waals surface area (Å²) in [7, 11) is 0. The van der Waals surface area contributed by atoms with Gasteiger partial charge in [0.2, 0.25) is 0 Å². The van der Waals surface area contributed by atoms with Crippen LogP contribution < -0.4 is 4.90 Å². The lowest BCUT2D eigenvalue weighted by Gasteiger charge is -2.26. The standard InChI is InChI=1S/C50H35N5/c1-4-14-36(15-5-1)37-24-26-40(27-25-37)53(41-28-32-43(33-29-41)54-47-22-12-10-20-45(47)46-21-11-13-23-48(46)54)42-30-34-44(35-31-42)55-49(38-16-6-2-7-17-38)51-52-50(55)39-18-8-3-9-19-39/h1-35H. The van der Waals surface area contributed by atoms with E-state index in [1.807, 2.05) is 36.4 Å². The molecule has 55 heavy (non-hydrogen) atoms. The summed E-state index contributed by atoms with van der Waals surface area (Å²) in [6.07, 6.45) is 0. The Hall–Kier alpha value is -7.50. The molecule has 0 radical (unpaired) electrons. The smallest absolute Gasteiger partial charge is 0.168 e. The third-order valence-electron chi connectivity index (χ3n) is 10.3. The second kappa shape index (κ2) is 13.8. The first-order valence-electron chi connectivity index (χ1n) is 18.5. The Morgan fingerprint density at radius 3 is 1.09 bits per heavy atom. The minimum absolute atomic E-state index is 0.793. The number of para-hydroxylation sites is 2. The van der Waals surface area contributed by atoms with Crippen molar-refractivity contribution in [2.24, 2.45) is 0 Å². The Labute approximate surface area is 319 Å². The molecular weight excluding hydrogens is 671 g/mol. The van der Waals surface area contributed by atoms with Gasteiger partial charge in [-0.3, -0.25) is 4.57 Å². The highest BCUT2D eigenvalue weighted by Gasteiger charge is 2.19. The van der Waals surface area contributed by atoms with Crippen molar-refractivity contribution in [3.05, 3.63) is 212 Å². The van der Waals surface area contributed by atoms with Crippen LogP contribution in [0.5, 0.6) is 0 Å². The fraction of sp³-hybridized carbons (Fsp3) is 0. The molecule has 5 nitrogen and oxygen atoms in total. The number of hydrogen-bond donors (Lipinski definition) is 0. The normalized spacial score (nSPS) is 11.3. The van der Waals surface area contributed by atoms with Gasteiger partial charge in [-0.25, -0.2) is 0 Å². The second-order valence-electron chi connectivity index (χ2n) is 13.6. The molecule has 2 heterocycles. The predicted molar refractivity (Wildman–Crippen MR) is 227 cm³/mol. The summed E-state index contributed by atoms with van der Waals surface area (Å²) >= 11 is 0. The number of fused-ring (bicyclic) bond motifs is 3. The van der Waals surface area contributed by atoms with Crippen molar-refractivity contribution in [3.8, 4) is 45.3 Å². The minimum atomic E-state index is 0.793. The molecule has 0 fully saturated rings. The van der Waals surface area contributed by atoms with E-state index >= 15 is 0 Å². The monoisotopic (exact) mass is 705 g/mol. The summed E-state index contributed by atoms with van der Waals surface area (Å²) in [6.45, 7) is 0. The molecule has 0 aliphatic carbocycles. The van der Waals surface area contributed by atoms with Gasteiger partial charge < -0.3 is 9.47 Å². The molecule has 0 aliphatic heterocycles. The Morgan fingerprint density at radius 2 is 0.636 bits per heavy atom. The first-order valence-corrected chi connectivity index (χ1v) is 18.5. The summed E-state index contributed by atoms with van der Waals surface area (Å²) in [5.41, 5.74) is 12.0. The maximum Gasteiger partial charge on any atom is 0.168 e. The van der Waals surface area contributed by atoms with Crippen molar-refractivity contribution in [3.63, 3.8) is 0 Å². The average molecular weight is 706 g/mol. The summed E-state index contributed by atoms with van der Waals surface area (Å²) < 4.78 is 4.50. The molecule has 0 bridgehead atoms. The lowest BCUT2D eigenvalue weighted by Crippen LogP contribution is -2.10. The van der Waals surface area contributed by atoms with E-state index in [9.17, 15) is 0 Å². The number of benzene rings is 8. The molecule has 260 valence electrons. The van der Waals surface area contributed by atoms with Crippen LogP contribution in [0.4, 0.5) is 17.1 Å². The van der Waals surface area contributed by atoms with Gasteiger partial charge in [0.05, 0.1) is 11.0 Å². The Bertz CT molecular complexity index is 2770. The number of aromatic nitrogens is 4. The van der Waals surface area contributed by atoms with E-state index in [0.29, 0.717) is 0 Å². The molecule has 2 aromatic heterocycles. The molecule has 0 saturated heterocycles. The highest BCUT2D eigenvalue weighted by Crippen LogP contribution is 2.39. The molecule has 0 N–H and O–H groups in total. The molecule has 0 saturated carbocycles. The van der Waals surface area contributed by atoms with Crippen molar-refractivity contribution in [2.45, 2.75) is 0 Å². The molecular formula is C50H35N5. The summed E-state index contributed by atoms with van der Waals surface area (Å²) in [4.78, 5) is 2.32.